The van der Waals surface area contributed by atoms with Crippen LogP contribution in [0, 0.1) is 10.1 Å². The second-order valence-corrected chi connectivity index (χ2v) is 4.84. The Balaban J connectivity index is 2.25. The Morgan fingerprint density at radius 1 is 1.58 bits per heavy atom. The summed E-state index contributed by atoms with van der Waals surface area (Å²) in [5.41, 5.74) is 5.97. The smallest absolute Gasteiger partial charge is 0.287 e. The molecule has 2 rings (SSSR count). The summed E-state index contributed by atoms with van der Waals surface area (Å²) >= 11 is 0. The summed E-state index contributed by atoms with van der Waals surface area (Å²) in [4.78, 5) is 24.4. The van der Waals surface area contributed by atoms with Crippen molar-refractivity contribution in [2.45, 2.75) is 25.3 Å². The molecule has 1 aliphatic heterocycles. The predicted octanol–water partition coefficient (Wildman–Crippen LogP) is 0.887. The number of likely N-dealkylation sites (tertiary alicyclic amines) is 1. The second kappa shape index (κ2) is 5.40. The number of carbonyl (C=O) groups excluding carboxylic acids is 1. The first-order valence-electron chi connectivity index (χ1n) is 6.36. The number of nitro groups is 1. The Kier molecular flexibility index (Phi) is 3.84. The van der Waals surface area contributed by atoms with Crippen molar-refractivity contribution in [1.82, 2.24) is 9.47 Å². The van der Waals surface area contributed by atoms with E-state index in [0.29, 0.717) is 18.8 Å². The number of rotatable bonds is 3. The molecule has 7 nitrogen and oxygen atoms in total. The molecule has 104 valence electrons. The fraction of sp³-hybridized carbons (Fsp3) is 0.583. The molecule has 0 saturated carbocycles. The van der Waals surface area contributed by atoms with Crippen molar-refractivity contribution < 1.29 is 9.72 Å². The number of aryl methyl sites for hydroxylation is 1. The van der Waals surface area contributed by atoms with Gasteiger partial charge in [0.05, 0.1) is 11.1 Å². The van der Waals surface area contributed by atoms with E-state index in [4.69, 9.17) is 5.73 Å². The average Bonchev–Trinajstić information content (AvgIpc) is 2.80. The average molecular weight is 266 g/mol. The van der Waals surface area contributed by atoms with Gasteiger partial charge in [0, 0.05) is 32.2 Å². The molecular weight excluding hydrogens is 248 g/mol. The van der Waals surface area contributed by atoms with Gasteiger partial charge in [0.1, 0.15) is 5.69 Å². The van der Waals surface area contributed by atoms with Gasteiger partial charge in [-0.3, -0.25) is 14.9 Å². The molecule has 2 N–H and O–H groups in total. The quantitative estimate of drug-likeness (QED) is 0.649. The minimum Gasteiger partial charge on any atom is -0.340 e. The molecule has 1 unspecified atom stereocenters. The first-order chi connectivity index (χ1) is 9.04. The summed E-state index contributed by atoms with van der Waals surface area (Å²) in [6.45, 7) is 1.10. The molecule has 2 heterocycles. The summed E-state index contributed by atoms with van der Waals surface area (Å²) in [5, 5.41) is 10.7. The van der Waals surface area contributed by atoms with Gasteiger partial charge >= 0.3 is 0 Å². The van der Waals surface area contributed by atoms with Crippen molar-refractivity contribution in [2.24, 2.45) is 12.8 Å². The summed E-state index contributed by atoms with van der Waals surface area (Å²) in [6, 6.07) is 1.36. The van der Waals surface area contributed by atoms with Crippen LogP contribution in [0.25, 0.3) is 0 Å². The van der Waals surface area contributed by atoms with Crippen LogP contribution >= 0.6 is 0 Å². The molecule has 19 heavy (non-hydrogen) atoms. The van der Waals surface area contributed by atoms with E-state index in [1.807, 2.05) is 0 Å². The van der Waals surface area contributed by atoms with Crippen molar-refractivity contribution in [1.29, 1.82) is 0 Å². The lowest BCUT2D eigenvalue weighted by molar-refractivity contribution is -0.384. The first-order valence-corrected chi connectivity index (χ1v) is 6.36. The molecule has 0 bridgehead atoms. The van der Waals surface area contributed by atoms with E-state index in [1.54, 1.807) is 11.9 Å². The van der Waals surface area contributed by atoms with Gasteiger partial charge in [0.15, 0.2) is 0 Å². The van der Waals surface area contributed by atoms with Crippen molar-refractivity contribution in [3.8, 4) is 0 Å². The molecule has 7 heteroatoms. The molecule has 1 aliphatic rings. The fourth-order valence-corrected chi connectivity index (χ4v) is 2.52. The molecular formula is C12H18N4O3. The number of piperidine rings is 1. The number of nitrogens with zero attached hydrogens (tertiary/aromatic N) is 3. The Morgan fingerprint density at radius 2 is 2.32 bits per heavy atom. The number of aromatic nitrogens is 1. The van der Waals surface area contributed by atoms with Crippen molar-refractivity contribution >= 4 is 11.6 Å². The Bertz CT molecular complexity index is 497. The summed E-state index contributed by atoms with van der Waals surface area (Å²) < 4.78 is 1.50. The fourth-order valence-electron chi connectivity index (χ4n) is 2.52. The topological polar surface area (TPSA) is 94.4 Å². The number of amides is 1. The summed E-state index contributed by atoms with van der Waals surface area (Å²) in [7, 11) is 1.64. The molecule has 0 aliphatic carbocycles. The molecule has 1 aromatic rings. The highest BCUT2D eigenvalue weighted by Gasteiger charge is 2.29. The van der Waals surface area contributed by atoms with E-state index >= 15 is 0 Å². The van der Waals surface area contributed by atoms with Gasteiger partial charge in [0.2, 0.25) is 0 Å². The third kappa shape index (κ3) is 2.60. The summed E-state index contributed by atoms with van der Waals surface area (Å²) in [5.74, 6) is -0.175. The number of nitrogens with two attached hydrogens (primary N) is 1. The highest BCUT2D eigenvalue weighted by molar-refractivity contribution is 5.93. The van der Waals surface area contributed by atoms with Crippen molar-refractivity contribution in [2.75, 3.05) is 13.1 Å². The van der Waals surface area contributed by atoms with Crippen LogP contribution in [0.2, 0.25) is 0 Å². The third-order valence-corrected chi connectivity index (χ3v) is 3.58. The SMILES string of the molecule is Cn1cc([N+](=O)[O-])cc1C(=O)N1CCCCC1CN. The lowest BCUT2D eigenvalue weighted by atomic mass is 10.0. The molecule has 1 fully saturated rings. The van der Waals surface area contributed by atoms with Gasteiger partial charge in [0.25, 0.3) is 11.6 Å². The van der Waals surface area contributed by atoms with Crippen LogP contribution in [0.5, 0.6) is 0 Å². The van der Waals surface area contributed by atoms with Crippen LogP contribution in [0.1, 0.15) is 29.8 Å². The lowest BCUT2D eigenvalue weighted by Crippen LogP contribution is -2.47. The molecule has 1 saturated heterocycles. The number of carbonyl (C=O) groups is 1. The molecule has 1 aromatic heterocycles. The van der Waals surface area contributed by atoms with Gasteiger partial charge in [-0.1, -0.05) is 0 Å². The molecule has 1 amide bonds. The largest absolute Gasteiger partial charge is 0.340 e. The maximum Gasteiger partial charge on any atom is 0.287 e. The first kappa shape index (κ1) is 13.5. The van der Waals surface area contributed by atoms with E-state index in [-0.39, 0.29) is 17.6 Å². The Morgan fingerprint density at radius 3 is 2.89 bits per heavy atom. The molecule has 0 radical (unpaired) electrons. The second-order valence-electron chi connectivity index (χ2n) is 4.84. The monoisotopic (exact) mass is 266 g/mol. The zero-order valence-corrected chi connectivity index (χ0v) is 10.9. The minimum absolute atomic E-state index is 0.0372. The molecule has 0 spiro atoms. The molecule has 0 aromatic carbocycles. The maximum absolute atomic E-state index is 12.5. The highest BCUT2D eigenvalue weighted by atomic mass is 16.6. The van der Waals surface area contributed by atoms with E-state index < -0.39 is 4.92 Å². The lowest BCUT2D eigenvalue weighted by Gasteiger charge is -2.35. The van der Waals surface area contributed by atoms with Gasteiger partial charge in [-0.25, -0.2) is 0 Å². The Hall–Kier alpha value is -1.89. The van der Waals surface area contributed by atoms with Gasteiger partial charge in [-0.2, -0.15) is 0 Å². The van der Waals surface area contributed by atoms with Gasteiger partial charge in [-0.15, -0.1) is 0 Å². The van der Waals surface area contributed by atoms with Gasteiger partial charge in [-0.05, 0) is 19.3 Å². The van der Waals surface area contributed by atoms with Crippen LogP contribution in [-0.4, -0.2) is 39.4 Å². The van der Waals surface area contributed by atoms with Crippen molar-refractivity contribution in [3.05, 3.63) is 28.1 Å². The van der Waals surface area contributed by atoms with Crippen LogP contribution in [0.3, 0.4) is 0 Å². The van der Waals surface area contributed by atoms with Crippen LogP contribution in [0.4, 0.5) is 5.69 Å². The maximum atomic E-state index is 12.5. The highest BCUT2D eigenvalue weighted by Crippen LogP contribution is 2.22. The van der Waals surface area contributed by atoms with Crippen molar-refractivity contribution in [3.63, 3.8) is 0 Å². The normalized spacial score (nSPS) is 19.5. The van der Waals surface area contributed by atoms with Crippen LogP contribution < -0.4 is 5.73 Å². The molecule has 1 atom stereocenters. The number of hydrogen-bond donors (Lipinski definition) is 1. The zero-order chi connectivity index (χ0) is 14.0. The van der Waals surface area contributed by atoms with E-state index in [0.717, 1.165) is 19.3 Å². The number of hydrogen-bond acceptors (Lipinski definition) is 4. The standard InChI is InChI=1S/C12H18N4O3/c1-14-8-10(16(18)19)6-11(14)12(17)15-5-3-2-4-9(15)7-13/h6,8-9H,2-5,7,13H2,1H3. The van der Waals surface area contributed by atoms with Gasteiger partial charge < -0.3 is 15.2 Å². The predicted molar refractivity (Wildman–Crippen MR) is 69.8 cm³/mol. The van der Waals surface area contributed by atoms with Crippen LogP contribution in [-0.2, 0) is 7.05 Å². The van der Waals surface area contributed by atoms with E-state index in [2.05, 4.69) is 0 Å². The Labute approximate surface area is 111 Å². The van der Waals surface area contributed by atoms with E-state index in [9.17, 15) is 14.9 Å². The summed E-state index contributed by atoms with van der Waals surface area (Å²) in [6.07, 6.45) is 4.27. The zero-order valence-electron chi connectivity index (χ0n) is 10.9. The van der Waals surface area contributed by atoms with E-state index in [1.165, 1.54) is 16.8 Å². The van der Waals surface area contributed by atoms with Crippen LogP contribution in [0.15, 0.2) is 12.3 Å². The third-order valence-electron chi connectivity index (χ3n) is 3.58. The minimum atomic E-state index is -0.493.